The average molecular weight is 389 g/mol. The van der Waals surface area contributed by atoms with Crippen LogP contribution < -0.4 is 10.2 Å². The largest absolute Gasteiger partial charge is 0.379 e. The highest BCUT2D eigenvalue weighted by Crippen LogP contribution is 2.23. The molecule has 2 aromatic rings. The van der Waals surface area contributed by atoms with Crippen molar-refractivity contribution in [3.05, 3.63) is 39.8 Å². The Balaban J connectivity index is 1.63. The van der Waals surface area contributed by atoms with E-state index in [-0.39, 0.29) is 5.91 Å². The first-order valence-electron chi connectivity index (χ1n) is 9.53. The van der Waals surface area contributed by atoms with Crippen molar-refractivity contribution in [2.24, 2.45) is 0 Å². The fraction of sp³-hybridized carbons (Fsp3) is 0.500. The molecule has 0 atom stereocenters. The molecule has 1 fully saturated rings. The van der Waals surface area contributed by atoms with Crippen molar-refractivity contribution in [2.75, 3.05) is 49.6 Å². The summed E-state index contributed by atoms with van der Waals surface area (Å²) in [5.74, 6) is -0.0891. The van der Waals surface area contributed by atoms with Crippen molar-refractivity contribution in [1.82, 2.24) is 9.88 Å². The minimum absolute atomic E-state index is 0.0891. The van der Waals surface area contributed by atoms with Crippen LogP contribution in [-0.4, -0.2) is 55.2 Å². The Morgan fingerprint density at radius 1 is 1.22 bits per heavy atom. The zero-order valence-electron chi connectivity index (χ0n) is 16.3. The highest BCUT2D eigenvalue weighted by molar-refractivity contribution is 7.13. The average Bonchev–Trinajstić information content (AvgIpc) is 3.05. The van der Waals surface area contributed by atoms with Gasteiger partial charge in [-0.05, 0) is 45.0 Å². The topological polar surface area (TPSA) is 57.7 Å². The van der Waals surface area contributed by atoms with E-state index < -0.39 is 0 Å². The second-order valence-electron chi connectivity index (χ2n) is 6.58. The molecule has 2 heterocycles. The van der Waals surface area contributed by atoms with Gasteiger partial charge in [0.15, 0.2) is 0 Å². The SMILES string of the molecule is CCN(CC)c1ccc(NC(=O)c2sc(CN3CCOCC3)nc2C)cc1. The van der Waals surface area contributed by atoms with Gasteiger partial charge in [-0.25, -0.2) is 4.98 Å². The molecule has 3 rings (SSSR count). The fourth-order valence-electron chi connectivity index (χ4n) is 3.21. The quantitative estimate of drug-likeness (QED) is 0.788. The molecule has 0 aliphatic carbocycles. The maximum Gasteiger partial charge on any atom is 0.267 e. The van der Waals surface area contributed by atoms with Crippen LogP contribution in [0.3, 0.4) is 0 Å². The van der Waals surface area contributed by atoms with Crippen LogP contribution in [-0.2, 0) is 11.3 Å². The normalized spacial score (nSPS) is 14.9. The molecular formula is C20H28N4O2S. The number of morpholine rings is 1. The molecule has 1 N–H and O–H groups in total. The van der Waals surface area contributed by atoms with E-state index in [0.29, 0.717) is 4.88 Å². The molecule has 27 heavy (non-hydrogen) atoms. The van der Waals surface area contributed by atoms with Gasteiger partial charge in [0, 0.05) is 37.6 Å². The van der Waals surface area contributed by atoms with Gasteiger partial charge >= 0.3 is 0 Å². The number of thiazole rings is 1. The van der Waals surface area contributed by atoms with E-state index in [0.717, 1.165) is 62.3 Å². The molecule has 6 nitrogen and oxygen atoms in total. The smallest absolute Gasteiger partial charge is 0.267 e. The van der Waals surface area contributed by atoms with Gasteiger partial charge in [-0.1, -0.05) is 0 Å². The lowest BCUT2D eigenvalue weighted by Crippen LogP contribution is -2.35. The molecule has 0 saturated carbocycles. The molecule has 1 aromatic carbocycles. The Bertz CT molecular complexity index is 750. The summed E-state index contributed by atoms with van der Waals surface area (Å²) in [6.45, 7) is 12.3. The van der Waals surface area contributed by atoms with Crippen molar-refractivity contribution in [2.45, 2.75) is 27.3 Å². The van der Waals surface area contributed by atoms with Gasteiger partial charge in [-0.2, -0.15) is 0 Å². The molecular weight excluding hydrogens is 360 g/mol. The van der Waals surface area contributed by atoms with Gasteiger partial charge in [0.25, 0.3) is 5.91 Å². The molecule has 0 spiro atoms. The van der Waals surface area contributed by atoms with Gasteiger partial charge in [0.1, 0.15) is 9.88 Å². The lowest BCUT2D eigenvalue weighted by Gasteiger charge is -2.25. The van der Waals surface area contributed by atoms with Gasteiger partial charge in [0.05, 0.1) is 25.5 Å². The molecule has 1 aliphatic rings. The maximum absolute atomic E-state index is 12.7. The molecule has 1 aliphatic heterocycles. The highest BCUT2D eigenvalue weighted by atomic mass is 32.1. The lowest BCUT2D eigenvalue weighted by molar-refractivity contribution is 0.0341. The van der Waals surface area contributed by atoms with E-state index in [1.807, 2.05) is 31.2 Å². The monoisotopic (exact) mass is 388 g/mol. The maximum atomic E-state index is 12.7. The molecule has 146 valence electrons. The molecule has 0 unspecified atom stereocenters. The summed E-state index contributed by atoms with van der Waals surface area (Å²) in [5.41, 5.74) is 2.76. The number of ether oxygens (including phenoxy) is 1. The molecule has 1 saturated heterocycles. The van der Waals surface area contributed by atoms with Crippen LogP contribution >= 0.6 is 11.3 Å². The zero-order chi connectivity index (χ0) is 19.2. The molecule has 0 radical (unpaired) electrons. The number of nitrogens with zero attached hydrogens (tertiary/aromatic N) is 3. The van der Waals surface area contributed by atoms with Crippen LogP contribution in [0.15, 0.2) is 24.3 Å². The Labute approximate surface area is 165 Å². The first-order chi connectivity index (χ1) is 13.1. The van der Waals surface area contributed by atoms with Crippen LogP contribution in [0.25, 0.3) is 0 Å². The van der Waals surface area contributed by atoms with E-state index >= 15 is 0 Å². The Morgan fingerprint density at radius 2 is 1.89 bits per heavy atom. The van der Waals surface area contributed by atoms with Crippen molar-refractivity contribution < 1.29 is 9.53 Å². The number of hydrogen-bond acceptors (Lipinski definition) is 6. The summed E-state index contributed by atoms with van der Waals surface area (Å²) in [4.78, 5) is 22.6. The fourth-order valence-corrected chi connectivity index (χ4v) is 4.22. The first-order valence-corrected chi connectivity index (χ1v) is 10.3. The van der Waals surface area contributed by atoms with Crippen molar-refractivity contribution >= 4 is 28.6 Å². The minimum Gasteiger partial charge on any atom is -0.379 e. The minimum atomic E-state index is -0.0891. The highest BCUT2D eigenvalue weighted by Gasteiger charge is 2.18. The summed E-state index contributed by atoms with van der Waals surface area (Å²) < 4.78 is 5.38. The molecule has 1 amide bonds. The number of hydrogen-bond donors (Lipinski definition) is 1. The van der Waals surface area contributed by atoms with Crippen LogP contribution in [0, 0.1) is 6.92 Å². The van der Waals surface area contributed by atoms with E-state index in [1.165, 1.54) is 17.0 Å². The van der Waals surface area contributed by atoms with Gasteiger partial charge in [-0.3, -0.25) is 9.69 Å². The van der Waals surface area contributed by atoms with Crippen LogP contribution in [0.2, 0.25) is 0 Å². The van der Waals surface area contributed by atoms with E-state index in [9.17, 15) is 4.79 Å². The molecule has 1 aromatic heterocycles. The van der Waals surface area contributed by atoms with Crippen LogP contribution in [0.1, 0.15) is 34.2 Å². The van der Waals surface area contributed by atoms with E-state index in [4.69, 9.17) is 4.74 Å². The Kier molecular flexibility index (Phi) is 6.82. The van der Waals surface area contributed by atoms with E-state index in [1.54, 1.807) is 0 Å². The number of carbonyl (C=O) groups excluding carboxylic acids is 1. The second kappa shape index (κ2) is 9.30. The lowest BCUT2D eigenvalue weighted by atomic mass is 10.2. The predicted molar refractivity (Wildman–Crippen MR) is 111 cm³/mol. The predicted octanol–water partition coefficient (Wildman–Crippen LogP) is 3.38. The van der Waals surface area contributed by atoms with E-state index in [2.05, 4.69) is 33.9 Å². The number of anilines is 2. The summed E-state index contributed by atoms with van der Waals surface area (Å²) in [5, 5.41) is 3.98. The number of nitrogens with one attached hydrogen (secondary N) is 1. The third kappa shape index (κ3) is 5.06. The second-order valence-corrected chi connectivity index (χ2v) is 7.67. The molecule has 7 heteroatoms. The molecule has 0 bridgehead atoms. The van der Waals surface area contributed by atoms with Gasteiger partial charge < -0.3 is 15.0 Å². The third-order valence-electron chi connectivity index (χ3n) is 4.76. The van der Waals surface area contributed by atoms with Crippen molar-refractivity contribution in [1.29, 1.82) is 0 Å². The number of aromatic nitrogens is 1. The number of carbonyl (C=O) groups is 1. The third-order valence-corrected chi connectivity index (χ3v) is 5.90. The zero-order valence-corrected chi connectivity index (χ0v) is 17.1. The van der Waals surface area contributed by atoms with Gasteiger partial charge in [0.2, 0.25) is 0 Å². The number of amides is 1. The summed E-state index contributed by atoms with van der Waals surface area (Å²) in [6.07, 6.45) is 0. The Hall–Kier alpha value is -1.96. The van der Waals surface area contributed by atoms with Crippen molar-refractivity contribution in [3.63, 3.8) is 0 Å². The van der Waals surface area contributed by atoms with Crippen molar-refractivity contribution in [3.8, 4) is 0 Å². The number of aryl methyl sites for hydroxylation is 1. The summed E-state index contributed by atoms with van der Waals surface area (Å²) in [7, 11) is 0. The number of benzene rings is 1. The van der Waals surface area contributed by atoms with Crippen LogP contribution in [0.4, 0.5) is 11.4 Å². The standard InChI is InChI=1S/C20H28N4O2S/c1-4-24(5-2)17-8-6-16(7-9-17)22-20(25)19-15(3)21-18(27-19)14-23-10-12-26-13-11-23/h6-9H,4-5,10-14H2,1-3H3,(H,22,25). The van der Waals surface area contributed by atoms with Crippen LogP contribution in [0.5, 0.6) is 0 Å². The summed E-state index contributed by atoms with van der Waals surface area (Å²) in [6, 6.07) is 8.01. The van der Waals surface area contributed by atoms with Gasteiger partial charge in [-0.15, -0.1) is 11.3 Å². The Morgan fingerprint density at radius 3 is 2.52 bits per heavy atom. The summed E-state index contributed by atoms with van der Waals surface area (Å²) >= 11 is 1.48. The number of rotatable bonds is 7. The first kappa shape index (κ1) is 19.8.